The molecule has 4 unspecified atom stereocenters. The van der Waals surface area contributed by atoms with Gasteiger partial charge >= 0.3 is 0 Å². The van der Waals surface area contributed by atoms with E-state index in [1.165, 1.54) is 19.3 Å². The number of carbonyl (C=O) groups excluding carboxylic acids is 1. The molecule has 3 aliphatic carbocycles. The molecule has 3 saturated carbocycles. The molecule has 0 aromatic carbocycles. The summed E-state index contributed by atoms with van der Waals surface area (Å²) in [6.45, 7) is 2.20. The highest BCUT2D eigenvalue weighted by atomic mass is 79.9. The predicted octanol–water partition coefficient (Wildman–Crippen LogP) is 2.15. The third-order valence-corrected chi connectivity index (χ3v) is 5.61. The second kappa shape index (κ2) is 5.12. The van der Waals surface area contributed by atoms with E-state index in [4.69, 9.17) is 4.74 Å². The maximum absolute atomic E-state index is 12.6. The standard InChI is InChI=1S/C14H22BrNO2/c1-18-7-6-16(5-4-15)14(17)13-11-9-2-3-10(8-9)12(11)13/h9-13H,2-8H2,1H3. The number of amides is 1. The fourth-order valence-electron chi connectivity index (χ4n) is 4.50. The molecule has 0 aromatic heterocycles. The number of fused-ring (bicyclic) bond motifs is 5. The third-order valence-electron chi connectivity index (χ3n) is 5.25. The Morgan fingerprint density at radius 2 is 1.94 bits per heavy atom. The Bertz CT molecular complexity index is 320. The molecule has 0 N–H and O–H groups in total. The van der Waals surface area contributed by atoms with Crippen molar-refractivity contribution in [1.82, 2.24) is 4.90 Å². The summed E-state index contributed by atoms with van der Waals surface area (Å²) in [6, 6.07) is 0. The van der Waals surface area contributed by atoms with E-state index in [1.807, 2.05) is 4.90 Å². The Morgan fingerprint density at radius 3 is 2.50 bits per heavy atom. The van der Waals surface area contributed by atoms with Crippen molar-refractivity contribution in [3.63, 3.8) is 0 Å². The van der Waals surface area contributed by atoms with Crippen LogP contribution < -0.4 is 0 Å². The zero-order valence-electron chi connectivity index (χ0n) is 11.0. The van der Waals surface area contributed by atoms with Crippen LogP contribution in [-0.2, 0) is 9.53 Å². The van der Waals surface area contributed by atoms with Gasteiger partial charge in [0.15, 0.2) is 0 Å². The summed E-state index contributed by atoms with van der Waals surface area (Å²) in [4.78, 5) is 14.6. The molecule has 0 saturated heterocycles. The molecule has 2 bridgehead atoms. The van der Waals surface area contributed by atoms with Crippen molar-refractivity contribution in [3.05, 3.63) is 0 Å². The van der Waals surface area contributed by atoms with E-state index in [0.717, 1.165) is 42.1 Å². The van der Waals surface area contributed by atoms with Crippen LogP contribution in [0.3, 0.4) is 0 Å². The molecule has 0 radical (unpaired) electrons. The highest BCUT2D eigenvalue weighted by Crippen LogP contribution is 2.69. The van der Waals surface area contributed by atoms with Gasteiger partial charge in [0.25, 0.3) is 0 Å². The van der Waals surface area contributed by atoms with E-state index in [2.05, 4.69) is 15.9 Å². The summed E-state index contributed by atoms with van der Waals surface area (Å²) >= 11 is 3.44. The minimum Gasteiger partial charge on any atom is -0.383 e. The normalized spacial score (nSPS) is 39.8. The Labute approximate surface area is 117 Å². The second-order valence-corrected chi connectivity index (χ2v) is 6.81. The Morgan fingerprint density at radius 1 is 1.28 bits per heavy atom. The van der Waals surface area contributed by atoms with Gasteiger partial charge in [-0.15, -0.1) is 0 Å². The van der Waals surface area contributed by atoms with Crippen LogP contribution in [0.25, 0.3) is 0 Å². The zero-order valence-corrected chi connectivity index (χ0v) is 12.6. The molecule has 4 heteroatoms. The first kappa shape index (κ1) is 12.9. The van der Waals surface area contributed by atoms with Crippen molar-refractivity contribution in [2.75, 3.05) is 32.1 Å². The lowest BCUT2D eigenvalue weighted by Gasteiger charge is -2.23. The van der Waals surface area contributed by atoms with Crippen LogP contribution in [0.4, 0.5) is 0 Å². The monoisotopic (exact) mass is 315 g/mol. The highest BCUT2D eigenvalue weighted by Gasteiger charge is 2.67. The zero-order chi connectivity index (χ0) is 12.7. The average molecular weight is 316 g/mol. The lowest BCUT2D eigenvalue weighted by molar-refractivity contribution is -0.134. The van der Waals surface area contributed by atoms with Gasteiger partial charge in [0.2, 0.25) is 5.91 Å². The molecule has 0 aromatic rings. The van der Waals surface area contributed by atoms with Crippen LogP contribution >= 0.6 is 15.9 Å². The number of alkyl halides is 1. The lowest BCUT2D eigenvalue weighted by atomic mass is 10.0. The smallest absolute Gasteiger partial charge is 0.226 e. The van der Waals surface area contributed by atoms with Gasteiger partial charge in [-0.3, -0.25) is 4.79 Å². The number of hydrogen-bond acceptors (Lipinski definition) is 2. The third kappa shape index (κ3) is 2.01. The molecule has 0 spiro atoms. The molecule has 4 atom stereocenters. The lowest BCUT2D eigenvalue weighted by Crippen LogP contribution is -2.37. The molecule has 0 heterocycles. The van der Waals surface area contributed by atoms with Crippen LogP contribution in [-0.4, -0.2) is 42.9 Å². The molecule has 18 heavy (non-hydrogen) atoms. The van der Waals surface area contributed by atoms with Crippen LogP contribution in [0, 0.1) is 29.6 Å². The molecule has 1 amide bonds. The van der Waals surface area contributed by atoms with Crippen LogP contribution in [0.1, 0.15) is 19.3 Å². The van der Waals surface area contributed by atoms with Gasteiger partial charge < -0.3 is 9.64 Å². The van der Waals surface area contributed by atoms with Crippen molar-refractivity contribution >= 4 is 21.8 Å². The number of hydrogen-bond donors (Lipinski definition) is 0. The molecule has 3 nitrogen and oxygen atoms in total. The van der Waals surface area contributed by atoms with E-state index in [-0.39, 0.29) is 0 Å². The second-order valence-electron chi connectivity index (χ2n) is 6.02. The van der Waals surface area contributed by atoms with Crippen LogP contribution in [0.2, 0.25) is 0 Å². The molecule has 102 valence electrons. The Balaban J connectivity index is 1.60. The summed E-state index contributed by atoms with van der Waals surface area (Å²) in [7, 11) is 1.70. The minimum absolute atomic E-state index is 0.368. The van der Waals surface area contributed by atoms with Crippen molar-refractivity contribution in [2.45, 2.75) is 19.3 Å². The van der Waals surface area contributed by atoms with Gasteiger partial charge in [0.05, 0.1) is 6.61 Å². The van der Waals surface area contributed by atoms with E-state index in [0.29, 0.717) is 18.4 Å². The van der Waals surface area contributed by atoms with Gasteiger partial charge in [-0.1, -0.05) is 15.9 Å². The first-order valence-electron chi connectivity index (χ1n) is 7.11. The first-order valence-corrected chi connectivity index (χ1v) is 8.23. The van der Waals surface area contributed by atoms with Crippen LogP contribution in [0.5, 0.6) is 0 Å². The van der Waals surface area contributed by atoms with E-state index < -0.39 is 0 Å². The number of rotatable bonds is 6. The average Bonchev–Trinajstić information content (AvgIpc) is 2.81. The van der Waals surface area contributed by atoms with Gasteiger partial charge in [-0.05, 0) is 42.9 Å². The number of carbonyl (C=O) groups is 1. The van der Waals surface area contributed by atoms with Gasteiger partial charge in [-0.2, -0.15) is 0 Å². The van der Waals surface area contributed by atoms with Crippen LogP contribution in [0.15, 0.2) is 0 Å². The number of halogens is 1. The molecule has 3 aliphatic rings. The first-order chi connectivity index (χ1) is 8.77. The highest BCUT2D eigenvalue weighted by molar-refractivity contribution is 9.09. The maximum atomic E-state index is 12.6. The summed E-state index contributed by atoms with van der Waals surface area (Å²) in [6.07, 6.45) is 4.17. The number of nitrogens with zero attached hydrogens (tertiary/aromatic N) is 1. The SMILES string of the molecule is COCCN(CCBr)C(=O)C1C2C3CCC(C3)C12. The molecule has 3 fully saturated rings. The largest absolute Gasteiger partial charge is 0.383 e. The fourth-order valence-corrected chi connectivity index (χ4v) is 4.93. The maximum Gasteiger partial charge on any atom is 0.226 e. The molecule has 0 aliphatic heterocycles. The summed E-state index contributed by atoms with van der Waals surface area (Å²) < 4.78 is 5.11. The van der Waals surface area contributed by atoms with E-state index >= 15 is 0 Å². The van der Waals surface area contributed by atoms with E-state index in [9.17, 15) is 4.79 Å². The molecule has 3 rings (SSSR count). The fraction of sp³-hybridized carbons (Fsp3) is 0.929. The number of methoxy groups -OCH3 is 1. The topological polar surface area (TPSA) is 29.5 Å². The van der Waals surface area contributed by atoms with Crippen molar-refractivity contribution < 1.29 is 9.53 Å². The Hall–Kier alpha value is -0.0900. The van der Waals surface area contributed by atoms with Gasteiger partial charge in [-0.25, -0.2) is 0 Å². The van der Waals surface area contributed by atoms with Gasteiger partial charge in [0.1, 0.15) is 0 Å². The van der Waals surface area contributed by atoms with E-state index in [1.54, 1.807) is 7.11 Å². The van der Waals surface area contributed by atoms with Crippen molar-refractivity contribution in [2.24, 2.45) is 29.6 Å². The summed E-state index contributed by atoms with van der Waals surface area (Å²) in [5.41, 5.74) is 0. The Kier molecular flexibility index (Phi) is 3.68. The predicted molar refractivity (Wildman–Crippen MR) is 73.6 cm³/mol. The van der Waals surface area contributed by atoms with Gasteiger partial charge in [0, 0.05) is 31.4 Å². The minimum atomic E-state index is 0.368. The summed E-state index contributed by atoms with van der Waals surface area (Å²) in [5.74, 6) is 4.02. The molecular formula is C14H22BrNO2. The summed E-state index contributed by atoms with van der Waals surface area (Å²) in [5, 5.41) is 0.858. The van der Waals surface area contributed by atoms with Crippen molar-refractivity contribution in [3.8, 4) is 0 Å². The number of ether oxygens (including phenoxy) is 1. The quantitative estimate of drug-likeness (QED) is 0.703. The molecular weight excluding hydrogens is 294 g/mol. The van der Waals surface area contributed by atoms with Crippen molar-refractivity contribution in [1.29, 1.82) is 0 Å².